The van der Waals surface area contributed by atoms with E-state index in [1.54, 1.807) is 19.0 Å². The van der Waals surface area contributed by atoms with E-state index in [9.17, 15) is 23.3 Å². The molecule has 1 aromatic carbocycles. The van der Waals surface area contributed by atoms with Crippen LogP contribution in [0.15, 0.2) is 23.1 Å². The van der Waals surface area contributed by atoms with E-state index in [1.165, 1.54) is 17.0 Å². The number of rotatable bonds is 6. The van der Waals surface area contributed by atoms with Crippen LogP contribution in [0.2, 0.25) is 0 Å². The second-order valence-corrected chi connectivity index (χ2v) is 10.3. The van der Waals surface area contributed by atoms with E-state index >= 15 is 0 Å². The van der Waals surface area contributed by atoms with E-state index in [4.69, 9.17) is 0 Å². The number of carbonyl (C=O) groups is 1. The molecule has 1 aliphatic heterocycles. The number of nitro benzene ring substituents is 1. The minimum absolute atomic E-state index is 0.119. The Hall–Kier alpha value is -2.20. The van der Waals surface area contributed by atoms with Gasteiger partial charge >= 0.3 is 0 Å². The van der Waals surface area contributed by atoms with Crippen LogP contribution in [0.5, 0.6) is 0 Å². The number of nitro groups is 1. The van der Waals surface area contributed by atoms with Crippen LogP contribution < -0.4 is 9.62 Å². The van der Waals surface area contributed by atoms with Crippen molar-refractivity contribution in [2.45, 2.75) is 62.4 Å². The fourth-order valence-corrected chi connectivity index (χ4v) is 5.66. The van der Waals surface area contributed by atoms with Crippen molar-refractivity contribution in [3.63, 3.8) is 0 Å². The van der Waals surface area contributed by atoms with Crippen molar-refractivity contribution in [1.82, 2.24) is 9.62 Å². The third-order valence-electron chi connectivity index (χ3n) is 6.08. The van der Waals surface area contributed by atoms with Crippen molar-refractivity contribution in [2.75, 3.05) is 25.5 Å². The first kappa shape index (κ1) is 22.5. The number of benzene rings is 1. The Balaban J connectivity index is 1.88. The third kappa shape index (κ3) is 4.75. The van der Waals surface area contributed by atoms with Gasteiger partial charge in [0.2, 0.25) is 15.9 Å². The van der Waals surface area contributed by atoms with E-state index in [0.29, 0.717) is 18.9 Å². The molecule has 30 heavy (non-hydrogen) atoms. The zero-order valence-electron chi connectivity index (χ0n) is 17.7. The smallest absolute Gasteiger partial charge is 0.293 e. The zero-order valence-corrected chi connectivity index (χ0v) is 18.5. The molecular formula is C20H30N4O5S. The molecule has 166 valence electrons. The number of nitrogens with zero attached hydrogens (tertiary/aromatic N) is 3. The highest BCUT2D eigenvalue weighted by atomic mass is 32.2. The Morgan fingerprint density at radius 2 is 1.87 bits per heavy atom. The maximum Gasteiger partial charge on any atom is 0.293 e. The van der Waals surface area contributed by atoms with Crippen molar-refractivity contribution >= 4 is 27.3 Å². The molecule has 3 rings (SSSR count). The Kier molecular flexibility index (Phi) is 6.66. The molecule has 1 N–H and O–H groups in total. The fourth-order valence-electron chi connectivity index (χ4n) is 4.33. The number of sulfonamides is 1. The molecule has 2 aliphatic rings. The summed E-state index contributed by atoms with van der Waals surface area (Å²) in [5.74, 6) is 0.469. The molecule has 1 amide bonds. The Bertz CT molecular complexity index is 910. The molecular weight excluding hydrogens is 408 g/mol. The molecule has 2 fully saturated rings. The van der Waals surface area contributed by atoms with Crippen LogP contribution in [0.4, 0.5) is 11.4 Å². The van der Waals surface area contributed by atoms with Crippen molar-refractivity contribution in [2.24, 2.45) is 5.92 Å². The molecule has 1 aromatic rings. The number of carbonyl (C=O) groups excluding carboxylic acids is 1. The number of nitrogens with one attached hydrogen (secondary N) is 1. The minimum Gasteiger partial charge on any atom is -0.354 e. The van der Waals surface area contributed by atoms with Crippen LogP contribution in [-0.2, 0) is 14.8 Å². The predicted molar refractivity (Wildman–Crippen MR) is 114 cm³/mol. The molecule has 0 radical (unpaired) electrons. The highest BCUT2D eigenvalue weighted by Gasteiger charge is 2.36. The highest BCUT2D eigenvalue weighted by molar-refractivity contribution is 7.89. The summed E-state index contributed by atoms with van der Waals surface area (Å²) in [6.07, 6.45) is 4.80. The summed E-state index contributed by atoms with van der Waals surface area (Å²) in [5, 5.41) is 11.8. The first-order valence-corrected chi connectivity index (χ1v) is 11.9. The van der Waals surface area contributed by atoms with Gasteiger partial charge in [0, 0.05) is 32.7 Å². The minimum atomic E-state index is -3.87. The van der Waals surface area contributed by atoms with Gasteiger partial charge in [-0.3, -0.25) is 14.9 Å². The Labute approximate surface area is 177 Å². The third-order valence-corrected chi connectivity index (χ3v) is 7.60. The van der Waals surface area contributed by atoms with Crippen molar-refractivity contribution in [1.29, 1.82) is 0 Å². The molecule has 9 nitrogen and oxygen atoms in total. The van der Waals surface area contributed by atoms with Gasteiger partial charge in [-0.15, -0.1) is 0 Å². The van der Waals surface area contributed by atoms with Gasteiger partial charge in [0.25, 0.3) is 5.69 Å². The maximum atomic E-state index is 12.8. The van der Waals surface area contributed by atoms with E-state index < -0.39 is 21.0 Å². The largest absolute Gasteiger partial charge is 0.354 e. The predicted octanol–water partition coefficient (Wildman–Crippen LogP) is 2.51. The monoisotopic (exact) mass is 438 g/mol. The SMILES string of the molecule is CC1CCC(NS(=O)(=O)c2ccc(N3CCC[C@@H]3C(=O)N(C)C)c([N+](=O)[O-])c2)CC1. The standard InChI is InChI=1S/C20H30N4O5S/c1-14-6-8-15(9-7-14)21-30(28,29)16-10-11-17(19(13-16)24(26)27)23-12-4-5-18(23)20(25)22(2)3/h10-11,13-15,18,21H,4-9,12H2,1-3H3/t14?,15?,18-/m1/s1. The lowest BCUT2D eigenvalue weighted by atomic mass is 9.88. The highest BCUT2D eigenvalue weighted by Crippen LogP contribution is 2.36. The Morgan fingerprint density at radius 1 is 1.20 bits per heavy atom. The van der Waals surface area contributed by atoms with Gasteiger partial charge in [-0.1, -0.05) is 6.92 Å². The first-order chi connectivity index (χ1) is 14.1. The van der Waals surface area contributed by atoms with E-state index in [2.05, 4.69) is 11.6 Å². The summed E-state index contributed by atoms with van der Waals surface area (Å²) in [6.45, 7) is 2.66. The molecule has 1 atom stereocenters. The van der Waals surface area contributed by atoms with Crippen LogP contribution in [0.1, 0.15) is 45.4 Å². The number of likely N-dealkylation sites (N-methyl/N-ethyl adjacent to an activating group) is 1. The van der Waals surface area contributed by atoms with Crippen molar-refractivity contribution < 1.29 is 18.1 Å². The average Bonchev–Trinajstić information content (AvgIpc) is 3.17. The normalized spacial score (nSPS) is 24.6. The second-order valence-electron chi connectivity index (χ2n) is 8.57. The van der Waals surface area contributed by atoms with Gasteiger partial charge in [-0.25, -0.2) is 13.1 Å². The van der Waals surface area contributed by atoms with Crippen LogP contribution >= 0.6 is 0 Å². The lowest BCUT2D eigenvalue weighted by Crippen LogP contribution is -2.43. The molecule has 0 aromatic heterocycles. The molecule has 0 unspecified atom stereocenters. The molecule has 10 heteroatoms. The van der Waals surface area contributed by atoms with E-state index in [-0.39, 0.29) is 28.2 Å². The average molecular weight is 439 g/mol. The van der Waals surface area contributed by atoms with Gasteiger partial charge in [-0.2, -0.15) is 0 Å². The van der Waals surface area contributed by atoms with Crippen LogP contribution in [0.25, 0.3) is 0 Å². The molecule has 1 aliphatic carbocycles. The molecule has 1 saturated carbocycles. The summed E-state index contributed by atoms with van der Waals surface area (Å²) in [7, 11) is -0.558. The molecule has 0 bridgehead atoms. The summed E-state index contributed by atoms with van der Waals surface area (Å²) in [6, 6.07) is 3.33. The van der Waals surface area contributed by atoms with Gasteiger partial charge in [0.05, 0.1) is 9.82 Å². The number of anilines is 1. The van der Waals surface area contributed by atoms with Crippen LogP contribution in [0.3, 0.4) is 0 Å². The van der Waals surface area contributed by atoms with Crippen molar-refractivity contribution in [3.05, 3.63) is 28.3 Å². The summed E-state index contributed by atoms with van der Waals surface area (Å²) < 4.78 is 28.4. The molecule has 1 saturated heterocycles. The second kappa shape index (κ2) is 8.89. The van der Waals surface area contributed by atoms with Gasteiger partial charge in [-0.05, 0) is 56.6 Å². The molecule has 1 heterocycles. The number of hydrogen-bond acceptors (Lipinski definition) is 6. The van der Waals surface area contributed by atoms with Gasteiger partial charge in [0.15, 0.2) is 0 Å². The van der Waals surface area contributed by atoms with Crippen LogP contribution in [-0.4, -0.2) is 56.9 Å². The Morgan fingerprint density at radius 3 is 2.47 bits per heavy atom. The lowest BCUT2D eigenvalue weighted by molar-refractivity contribution is -0.384. The van der Waals surface area contributed by atoms with E-state index in [0.717, 1.165) is 38.2 Å². The summed E-state index contributed by atoms with van der Waals surface area (Å²) in [4.78, 5) is 26.7. The van der Waals surface area contributed by atoms with Crippen LogP contribution in [0, 0.1) is 16.0 Å². The molecule has 0 spiro atoms. The maximum absolute atomic E-state index is 12.8. The lowest BCUT2D eigenvalue weighted by Gasteiger charge is -2.28. The number of amides is 1. The topological polar surface area (TPSA) is 113 Å². The van der Waals surface area contributed by atoms with Gasteiger partial charge < -0.3 is 9.80 Å². The summed E-state index contributed by atoms with van der Waals surface area (Å²) >= 11 is 0. The quantitative estimate of drug-likeness (QED) is 0.539. The van der Waals surface area contributed by atoms with E-state index in [1.807, 2.05) is 0 Å². The van der Waals surface area contributed by atoms with Gasteiger partial charge in [0.1, 0.15) is 11.7 Å². The number of hydrogen-bond donors (Lipinski definition) is 1. The summed E-state index contributed by atoms with van der Waals surface area (Å²) in [5.41, 5.74) is -0.0169. The zero-order chi connectivity index (χ0) is 22.1. The fraction of sp³-hybridized carbons (Fsp3) is 0.650. The van der Waals surface area contributed by atoms with Crippen molar-refractivity contribution in [3.8, 4) is 0 Å². The first-order valence-electron chi connectivity index (χ1n) is 10.4.